The number of thiazole rings is 1. The van der Waals surface area contributed by atoms with Crippen molar-refractivity contribution in [2.24, 2.45) is 5.73 Å². The average Bonchev–Trinajstić information content (AvgIpc) is 2.74. The highest BCUT2D eigenvalue weighted by Gasteiger charge is 2.23. The van der Waals surface area contributed by atoms with Crippen LogP contribution in [0.3, 0.4) is 0 Å². The van der Waals surface area contributed by atoms with Gasteiger partial charge in [0, 0.05) is 22.5 Å². The van der Waals surface area contributed by atoms with E-state index >= 15 is 0 Å². The van der Waals surface area contributed by atoms with Gasteiger partial charge < -0.3 is 10.8 Å². The van der Waals surface area contributed by atoms with E-state index in [1.165, 1.54) is 17.4 Å². The van der Waals surface area contributed by atoms with Crippen LogP contribution in [0.5, 0.6) is 5.75 Å². The molecule has 0 saturated carbocycles. The van der Waals surface area contributed by atoms with Crippen LogP contribution in [0.25, 0.3) is 10.6 Å². The van der Waals surface area contributed by atoms with Crippen LogP contribution in [0, 0.1) is 5.82 Å². The first-order valence-electron chi connectivity index (χ1n) is 5.89. The van der Waals surface area contributed by atoms with Crippen LogP contribution in [0.2, 0.25) is 0 Å². The summed E-state index contributed by atoms with van der Waals surface area (Å²) in [5.41, 5.74) is 7.35. The van der Waals surface area contributed by atoms with E-state index in [2.05, 4.69) is 4.98 Å². The van der Waals surface area contributed by atoms with E-state index in [4.69, 9.17) is 5.73 Å². The monoisotopic (exact) mass is 264 g/mol. The summed E-state index contributed by atoms with van der Waals surface area (Å²) in [5, 5.41) is 9.86. The van der Waals surface area contributed by atoms with Crippen molar-refractivity contribution in [3.63, 3.8) is 0 Å². The lowest BCUT2D eigenvalue weighted by molar-refractivity contribution is 0.469. The van der Waals surface area contributed by atoms with Crippen molar-refractivity contribution in [2.75, 3.05) is 0 Å². The molecular weight excluding hydrogens is 251 g/mol. The highest BCUT2D eigenvalue weighted by molar-refractivity contribution is 7.15. The van der Waals surface area contributed by atoms with Crippen LogP contribution < -0.4 is 5.73 Å². The fourth-order valence-electron chi connectivity index (χ4n) is 2.24. The fourth-order valence-corrected chi connectivity index (χ4v) is 3.45. The summed E-state index contributed by atoms with van der Waals surface area (Å²) in [5.74, 6) is -0.524. The molecule has 1 aliphatic rings. The summed E-state index contributed by atoms with van der Waals surface area (Å²) in [6.45, 7) is 0. The van der Waals surface area contributed by atoms with Crippen LogP contribution in [0.1, 0.15) is 29.5 Å². The lowest BCUT2D eigenvalue weighted by Gasteiger charge is -2.15. The fraction of sp³-hybridized carbons (Fsp3) is 0.308. The van der Waals surface area contributed by atoms with Crippen LogP contribution in [-0.4, -0.2) is 10.1 Å². The van der Waals surface area contributed by atoms with Gasteiger partial charge in [-0.15, -0.1) is 11.3 Å². The predicted molar refractivity (Wildman–Crippen MR) is 69.0 cm³/mol. The zero-order chi connectivity index (χ0) is 12.7. The number of hydrogen-bond donors (Lipinski definition) is 2. The third kappa shape index (κ3) is 1.89. The number of nitrogens with zero attached hydrogens (tertiary/aromatic N) is 1. The van der Waals surface area contributed by atoms with Gasteiger partial charge in [-0.05, 0) is 31.4 Å². The second-order valence-electron chi connectivity index (χ2n) is 4.49. The molecule has 0 aliphatic heterocycles. The molecule has 3 rings (SSSR count). The van der Waals surface area contributed by atoms with Crippen LogP contribution in [-0.2, 0) is 6.42 Å². The van der Waals surface area contributed by atoms with Gasteiger partial charge in [0.25, 0.3) is 0 Å². The Morgan fingerprint density at radius 1 is 1.44 bits per heavy atom. The van der Waals surface area contributed by atoms with E-state index in [9.17, 15) is 9.50 Å². The normalized spacial score (nSPS) is 18.7. The maximum atomic E-state index is 13.8. The highest BCUT2D eigenvalue weighted by Crippen LogP contribution is 2.37. The van der Waals surface area contributed by atoms with E-state index in [1.54, 1.807) is 6.07 Å². The van der Waals surface area contributed by atoms with Crippen molar-refractivity contribution >= 4 is 11.3 Å². The largest absolute Gasteiger partial charge is 0.508 e. The van der Waals surface area contributed by atoms with Gasteiger partial charge in [-0.2, -0.15) is 0 Å². The SMILES string of the molecule is NC1CCCc2sc(-c3ccc(O)cc3F)nc21. The number of benzene rings is 1. The number of fused-ring (bicyclic) bond motifs is 1. The summed E-state index contributed by atoms with van der Waals surface area (Å²) in [7, 11) is 0. The third-order valence-electron chi connectivity index (χ3n) is 3.18. The van der Waals surface area contributed by atoms with Gasteiger partial charge in [0.1, 0.15) is 16.6 Å². The standard InChI is InChI=1S/C13H13FN2OS/c14-9-6-7(17)4-5-8(9)13-16-12-10(15)2-1-3-11(12)18-13/h4-6,10,17H,1-3,15H2. The number of rotatable bonds is 1. The molecule has 0 amide bonds. The molecule has 1 heterocycles. The van der Waals surface area contributed by atoms with Gasteiger partial charge in [0.15, 0.2) is 0 Å². The Hall–Kier alpha value is -1.46. The number of hydrogen-bond acceptors (Lipinski definition) is 4. The minimum Gasteiger partial charge on any atom is -0.508 e. The summed E-state index contributed by atoms with van der Waals surface area (Å²) >= 11 is 1.50. The summed E-state index contributed by atoms with van der Waals surface area (Å²) < 4.78 is 13.8. The lowest BCUT2D eigenvalue weighted by Crippen LogP contribution is -2.16. The maximum absolute atomic E-state index is 13.8. The first kappa shape index (κ1) is 11.6. The van der Waals surface area contributed by atoms with E-state index in [-0.39, 0.29) is 11.8 Å². The van der Waals surface area contributed by atoms with Crippen LogP contribution in [0.4, 0.5) is 4.39 Å². The van der Waals surface area contributed by atoms with Crippen molar-refractivity contribution in [1.29, 1.82) is 0 Å². The summed E-state index contributed by atoms with van der Waals surface area (Å²) in [6, 6.07) is 4.11. The Bertz CT molecular complexity index is 597. The third-order valence-corrected chi connectivity index (χ3v) is 4.35. The number of aromatic hydroxyl groups is 1. The number of phenols is 1. The van der Waals surface area contributed by atoms with Crippen LogP contribution >= 0.6 is 11.3 Å². The molecule has 18 heavy (non-hydrogen) atoms. The van der Waals surface area contributed by atoms with Crippen molar-refractivity contribution in [2.45, 2.75) is 25.3 Å². The molecule has 0 fully saturated rings. The van der Waals surface area contributed by atoms with Crippen molar-refractivity contribution in [3.8, 4) is 16.3 Å². The van der Waals surface area contributed by atoms with E-state index in [0.717, 1.165) is 35.9 Å². The molecule has 2 aromatic rings. The highest BCUT2D eigenvalue weighted by atomic mass is 32.1. The van der Waals surface area contributed by atoms with E-state index in [0.29, 0.717) is 10.6 Å². The second kappa shape index (κ2) is 4.33. The maximum Gasteiger partial charge on any atom is 0.137 e. The Kier molecular flexibility index (Phi) is 2.80. The first-order valence-corrected chi connectivity index (χ1v) is 6.71. The smallest absolute Gasteiger partial charge is 0.137 e. The van der Waals surface area contributed by atoms with Gasteiger partial charge in [-0.3, -0.25) is 0 Å². The number of aryl methyl sites for hydroxylation is 1. The lowest BCUT2D eigenvalue weighted by atomic mass is 9.99. The summed E-state index contributed by atoms with van der Waals surface area (Å²) in [4.78, 5) is 5.63. The summed E-state index contributed by atoms with van der Waals surface area (Å²) in [6.07, 6.45) is 2.97. The van der Waals surface area contributed by atoms with Crippen molar-refractivity contribution in [1.82, 2.24) is 4.98 Å². The Morgan fingerprint density at radius 2 is 2.28 bits per heavy atom. The molecule has 1 aliphatic carbocycles. The molecular formula is C13H13FN2OS. The molecule has 1 aromatic carbocycles. The Labute approximate surface area is 108 Å². The average molecular weight is 264 g/mol. The second-order valence-corrected chi connectivity index (χ2v) is 5.57. The molecule has 1 aromatic heterocycles. The van der Waals surface area contributed by atoms with E-state index < -0.39 is 5.82 Å². The zero-order valence-electron chi connectivity index (χ0n) is 9.69. The molecule has 0 spiro atoms. The zero-order valence-corrected chi connectivity index (χ0v) is 10.5. The minimum atomic E-state index is -0.449. The molecule has 0 bridgehead atoms. The molecule has 0 saturated heterocycles. The molecule has 5 heteroatoms. The topological polar surface area (TPSA) is 59.1 Å². The molecule has 1 atom stereocenters. The number of phenolic OH excluding ortho intramolecular Hbond substituents is 1. The molecule has 3 N–H and O–H groups in total. The Balaban J connectivity index is 2.07. The Morgan fingerprint density at radius 3 is 3.00 bits per heavy atom. The quantitative estimate of drug-likeness (QED) is 0.832. The molecule has 94 valence electrons. The van der Waals surface area contributed by atoms with Crippen molar-refractivity contribution < 1.29 is 9.50 Å². The van der Waals surface area contributed by atoms with Gasteiger partial charge in [0.05, 0.1) is 5.69 Å². The van der Waals surface area contributed by atoms with Crippen molar-refractivity contribution in [3.05, 3.63) is 34.6 Å². The number of nitrogens with two attached hydrogens (primary N) is 1. The van der Waals surface area contributed by atoms with Gasteiger partial charge >= 0.3 is 0 Å². The first-order chi connectivity index (χ1) is 8.65. The predicted octanol–water partition coefficient (Wildman–Crippen LogP) is 2.99. The molecule has 1 unspecified atom stereocenters. The minimum absolute atomic E-state index is 0.0288. The van der Waals surface area contributed by atoms with Gasteiger partial charge in [-0.1, -0.05) is 0 Å². The molecule has 0 radical (unpaired) electrons. The molecule has 3 nitrogen and oxygen atoms in total. The number of halogens is 1. The number of aromatic nitrogens is 1. The van der Waals surface area contributed by atoms with Gasteiger partial charge in [-0.25, -0.2) is 9.37 Å². The van der Waals surface area contributed by atoms with Gasteiger partial charge in [0.2, 0.25) is 0 Å². The van der Waals surface area contributed by atoms with E-state index in [1.807, 2.05) is 0 Å². The van der Waals surface area contributed by atoms with Crippen LogP contribution in [0.15, 0.2) is 18.2 Å².